The minimum Gasteiger partial charge on any atom is -0.342 e. The maximum atomic E-state index is 12.7. The van der Waals surface area contributed by atoms with Gasteiger partial charge in [-0.2, -0.15) is 0 Å². The lowest BCUT2D eigenvalue weighted by molar-refractivity contribution is 0.0937. The molecule has 0 spiro atoms. The molecule has 3 aromatic rings. The fourth-order valence-corrected chi connectivity index (χ4v) is 4.49. The van der Waals surface area contributed by atoms with Crippen LogP contribution in [-0.2, 0) is 12.3 Å². The Morgan fingerprint density at radius 2 is 2.03 bits per heavy atom. The summed E-state index contributed by atoms with van der Waals surface area (Å²) in [5.74, 6) is 1.15. The van der Waals surface area contributed by atoms with Crippen molar-refractivity contribution in [3.63, 3.8) is 0 Å². The fraction of sp³-hybridized carbons (Fsp3) is 0.227. The minimum absolute atomic E-state index is 0.143. The van der Waals surface area contributed by atoms with Crippen LogP contribution in [0.5, 0.6) is 0 Å². The van der Waals surface area contributed by atoms with Gasteiger partial charge in [0.25, 0.3) is 5.91 Å². The van der Waals surface area contributed by atoms with Gasteiger partial charge in [-0.15, -0.1) is 16.8 Å². The first kappa shape index (κ1) is 22.4. The molecule has 30 heavy (non-hydrogen) atoms. The molecule has 1 aromatic heterocycles. The smallest absolute Gasteiger partial charge is 0.252 e. The zero-order chi connectivity index (χ0) is 21.7. The molecule has 1 heterocycles. The van der Waals surface area contributed by atoms with Crippen LogP contribution in [0.4, 0.5) is 0 Å². The van der Waals surface area contributed by atoms with Crippen molar-refractivity contribution < 1.29 is 4.79 Å². The SMILES string of the molecule is C=CCn1c(SCc2ccc(Cl)cc2Cl)nnc1[C@H](C)NC(=O)c1ccccc1C. The van der Waals surface area contributed by atoms with E-state index in [1.807, 2.05) is 54.8 Å². The number of allylic oxidation sites excluding steroid dienone is 1. The second kappa shape index (κ2) is 10.2. The predicted molar refractivity (Wildman–Crippen MR) is 123 cm³/mol. The molecule has 0 unspecified atom stereocenters. The van der Waals surface area contributed by atoms with Crippen molar-refractivity contribution in [2.24, 2.45) is 0 Å². The number of benzene rings is 2. The largest absolute Gasteiger partial charge is 0.342 e. The van der Waals surface area contributed by atoms with Gasteiger partial charge in [-0.3, -0.25) is 4.79 Å². The lowest BCUT2D eigenvalue weighted by atomic mass is 10.1. The van der Waals surface area contributed by atoms with E-state index in [9.17, 15) is 4.79 Å². The molecule has 0 radical (unpaired) electrons. The fourth-order valence-electron chi connectivity index (χ4n) is 2.98. The van der Waals surface area contributed by atoms with Gasteiger partial charge in [0.1, 0.15) is 0 Å². The number of carbonyl (C=O) groups excluding carboxylic acids is 1. The molecule has 0 fully saturated rings. The molecule has 2 aromatic carbocycles. The van der Waals surface area contributed by atoms with Crippen LogP contribution in [-0.4, -0.2) is 20.7 Å². The molecule has 156 valence electrons. The Hall–Kier alpha value is -2.28. The highest BCUT2D eigenvalue weighted by Crippen LogP contribution is 2.29. The summed E-state index contributed by atoms with van der Waals surface area (Å²) in [6.45, 7) is 8.17. The third-order valence-electron chi connectivity index (χ3n) is 4.55. The third-order valence-corrected chi connectivity index (χ3v) is 6.16. The quantitative estimate of drug-likeness (QED) is 0.337. The molecule has 0 saturated heterocycles. The number of nitrogens with one attached hydrogen (secondary N) is 1. The standard InChI is InChI=1S/C22H22Cl2N4OS/c1-4-11-28-20(15(3)25-21(29)18-8-6-5-7-14(18)2)26-27-22(28)30-13-16-9-10-17(23)12-19(16)24/h4-10,12,15H,1,11,13H2,2-3H3,(H,25,29)/t15-/m0/s1. The topological polar surface area (TPSA) is 59.8 Å². The van der Waals surface area contributed by atoms with Crippen LogP contribution < -0.4 is 5.32 Å². The molecule has 3 rings (SSSR count). The van der Waals surface area contributed by atoms with Gasteiger partial charge in [0.15, 0.2) is 11.0 Å². The zero-order valence-corrected chi connectivity index (χ0v) is 19.1. The van der Waals surface area contributed by atoms with E-state index in [2.05, 4.69) is 22.1 Å². The number of aromatic nitrogens is 3. The maximum absolute atomic E-state index is 12.7. The Bertz CT molecular complexity index is 1070. The van der Waals surface area contributed by atoms with E-state index in [4.69, 9.17) is 23.2 Å². The second-order valence-electron chi connectivity index (χ2n) is 6.77. The van der Waals surface area contributed by atoms with Crippen LogP contribution in [0.1, 0.15) is 40.3 Å². The number of thioether (sulfide) groups is 1. The molecule has 0 bridgehead atoms. The van der Waals surface area contributed by atoms with Crippen molar-refractivity contribution >= 4 is 40.9 Å². The maximum Gasteiger partial charge on any atom is 0.252 e. The van der Waals surface area contributed by atoms with Crippen LogP contribution >= 0.6 is 35.0 Å². The highest BCUT2D eigenvalue weighted by Gasteiger charge is 2.20. The van der Waals surface area contributed by atoms with E-state index >= 15 is 0 Å². The summed E-state index contributed by atoms with van der Waals surface area (Å²) in [5.41, 5.74) is 2.53. The Kier molecular flexibility index (Phi) is 7.58. The van der Waals surface area contributed by atoms with Gasteiger partial charge in [-0.1, -0.05) is 65.3 Å². The van der Waals surface area contributed by atoms with Gasteiger partial charge in [0.05, 0.1) is 6.04 Å². The van der Waals surface area contributed by atoms with Crippen molar-refractivity contribution in [1.29, 1.82) is 0 Å². The van der Waals surface area contributed by atoms with Crippen LogP contribution in [0.3, 0.4) is 0 Å². The Morgan fingerprint density at radius 1 is 1.27 bits per heavy atom. The minimum atomic E-state index is -0.321. The van der Waals surface area contributed by atoms with Crippen molar-refractivity contribution in [1.82, 2.24) is 20.1 Å². The van der Waals surface area contributed by atoms with Crippen molar-refractivity contribution in [2.45, 2.75) is 37.3 Å². The Morgan fingerprint density at radius 3 is 2.73 bits per heavy atom. The first-order valence-corrected chi connectivity index (χ1v) is 11.1. The summed E-state index contributed by atoms with van der Waals surface area (Å²) >= 11 is 13.8. The van der Waals surface area contributed by atoms with E-state index in [-0.39, 0.29) is 11.9 Å². The third kappa shape index (κ3) is 5.25. The molecule has 0 saturated carbocycles. The first-order chi connectivity index (χ1) is 14.4. The van der Waals surface area contributed by atoms with Crippen molar-refractivity contribution in [2.75, 3.05) is 0 Å². The van der Waals surface area contributed by atoms with Gasteiger partial charge >= 0.3 is 0 Å². The molecule has 1 N–H and O–H groups in total. The van der Waals surface area contributed by atoms with Crippen molar-refractivity contribution in [3.05, 3.63) is 87.7 Å². The lowest BCUT2D eigenvalue weighted by Gasteiger charge is -2.16. The van der Waals surface area contributed by atoms with E-state index in [0.29, 0.717) is 33.7 Å². The van der Waals surface area contributed by atoms with Gasteiger partial charge < -0.3 is 9.88 Å². The molecule has 1 amide bonds. The second-order valence-corrected chi connectivity index (χ2v) is 8.56. The molecule has 5 nitrogen and oxygen atoms in total. The van der Waals surface area contributed by atoms with Crippen LogP contribution in [0.2, 0.25) is 10.0 Å². The van der Waals surface area contributed by atoms with Crippen LogP contribution in [0.15, 0.2) is 60.3 Å². The van der Waals surface area contributed by atoms with Crippen molar-refractivity contribution in [3.8, 4) is 0 Å². The summed E-state index contributed by atoms with van der Waals surface area (Å²) in [6, 6.07) is 12.6. The summed E-state index contributed by atoms with van der Waals surface area (Å²) in [7, 11) is 0. The number of carbonyl (C=O) groups is 1. The number of amides is 1. The molecule has 0 aliphatic rings. The Labute approximate surface area is 190 Å². The number of aryl methyl sites for hydroxylation is 1. The number of halogens is 2. The van der Waals surface area contributed by atoms with E-state index in [0.717, 1.165) is 16.3 Å². The van der Waals surface area contributed by atoms with Gasteiger partial charge in [-0.25, -0.2) is 0 Å². The molecule has 8 heteroatoms. The highest BCUT2D eigenvalue weighted by atomic mass is 35.5. The number of rotatable bonds is 8. The highest BCUT2D eigenvalue weighted by molar-refractivity contribution is 7.98. The number of hydrogen-bond donors (Lipinski definition) is 1. The average Bonchev–Trinajstić information content (AvgIpc) is 3.10. The van der Waals surface area contributed by atoms with E-state index in [1.54, 1.807) is 12.1 Å². The monoisotopic (exact) mass is 460 g/mol. The molecular formula is C22H22Cl2N4OS. The molecule has 0 aliphatic carbocycles. The molecular weight excluding hydrogens is 439 g/mol. The molecule has 1 atom stereocenters. The number of hydrogen-bond acceptors (Lipinski definition) is 4. The van der Waals surface area contributed by atoms with Gasteiger partial charge in [0.2, 0.25) is 0 Å². The van der Waals surface area contributed by atoms with E-state index in [1.165, 1.54) is 11.8 Å². The lowest BCUT2D eigenvalue weighted by Crippen LogP contribution is -2.29. The van der Waals surface area contributed by atoms with Gasteiger partial charge in [0, 0.05) is 27.9 Å². The zero-order valence-electron chi connectivity index (χ0n) is 16.7. The first-order valence-electron chi connectivity index (χ1n) is 9.38. The summed E-state index contributed by atoms with van der Waals surface area (Å²) in [6.07, 6.45) is 1.78. The summed E-state index contributed by atoms with van der Waals surface area (Å²) in [4.78, 5) is 12.7. The van der Waals surface area contributed by atoms with Crippen LogP contribution in [0.25, 0.3) is 0 Å². The normalized spacial score (nSPS) is 11.9. The summed E-state index contributed by atoms with van der Waals surface area (Å²) in [5, 5.41) is 13.6. The average molecular weight is 461 g/mol. The predicted octanol–water partition coefficient (Wildman–Crippen LogP) is 5.86. The van der Waals surface area contributed by atoms with E-state index < -0.39 is 0 Å². The Balaban J connectivity index is 1.76. The summed E-state index contributed by atoms with van der Waals surface area (Å²) < 4.78 is 1.95. The molecule has 0 aliphatic heterocycles. The van der Waals surface area contributed by atoms with Crippen LogP contribution in [0, 0.1) is 6.92 Å². The van der Waals surface area contributed by atoms with Gasteiger partial charge in [-0.05, 0) is 43.2 Å². The number of nitrogens with zero attached hydrogens (tertiary/aromatic N) is 3.